The molecule has 4 nitrogen and oxygen atoms in total. The average molecular weight is 287 g/mol. The lowest BCUT2D eigenvalue weighted by atomic mass is 9.80. The minimum Gasteiger partial charge on any atom is -0.371 e. The maximum atomic E-state index is 12.8. The number of hydrogen-bond acceptors (Lipinski definition) is 3. The topological polar surface area (TPSA) is 49.6 Å². The average Bonchev–Trinajstić information content (AvgIpc) is 2.48. The molecule has 0 spiro atoms. The van der Waals surface area contributed by atoms with E-state index in [2.05, 4.69) is 18.0 Å². The first-order valence-electron chi connectivity index (χ1n) is 7.98. The Morgan fingerprint density at radius 2 is 1.81 bits per heavy atom. The molecule has 0 bridgehead atoms. The van der Waals surface area contributed by atoms with Crippen molar-refractivity contribution in [2.75, 3.05) is 29.9 Å². The van der Waals surface area contributed by atoms with Crippen molar-refractivity contribution in [3.8, 4) is 0 Å². The number of benzene rings is 1. The molecule has 1 aromatic carbocycles. The van der Waals surface area contributed by atoms with E-state index in [1.165, 1.54) is 6.42 Å². The Balaban J connectivity index is 1.78. The van der Waals surface area contributed by atoms with Crippen molar-refractivity contribution in [2.45, 2.75) is 44.1 Å². The second-order valence-electron chi connectivity index (χ2n) is 6.56. The Bertz CT molecular complexity index is 523. The third-order valence-electron chi connectivity index (χ3n) is 4.90. The molecule has 0 saturated heterocycles. The Morgan fingerprint density at radius 1 is 1.14 bits per heavy atom. The summed E-state index contributed by atoms with van der Waals surface area (Å²) >= 11 is 0. The molecule has 1 heterocycles. The highest BCUT2D eigenvalue weighted by Crippen LogP contribution is 2.34. The Hall–Kier alpha value is -1.55. The lowest BCUT2D eigenvalue weighted by molar-refractivity contribution is -0.120. The van der Waals surface area contributed by atoms with Crippen LogP contribution in [0, 0.1) is 0 Å². The summed E-state index contributed by atoms with van der Waals surface area (Å²) in [5.74, 6) is 0.181. The number of carbonyl (C=O) groups is 1. The monoisotopic (exact) mass is 287 g/mol. The fraction of sp³-hybridized carbons (Fsp3) is 0.588. The third kappa shape index (κ3) is 2.91. The van der Waals surface area contributed by atoms with Crippen LogP contribution < -0.4 is 15.5 Å². The van der Waals surface area contributed by atoms with Crippen molar-refractivity contribution < 1.29 is 4.79 Å². The molecule has 1 aliphatic heterocycles. The number of para-hydroxylation sites is 2. The van der Waals surface area contributed by atoms with Crippen molar-refractivity contribution in [1.29, 1.82) is 0 Å². The number of fused-ring (bicyclic) bond motifs is 1. The molecular weight excluding hydrogens is 262 g/mol. The normalized spacial score (nSPS) is 21.0. The van der Waals surface area contributed by atoms with Gasteiger partial charge in [-0.1, -0.05) is 31.4 Å². The van der Waals surface area contributed by atoms with E-state index in [9.17, 15) is 4.79 Å². The molecule has 0 atom stereocenters. The fourth-order valence-corrected chi connectivity index (χ4v) is 3.59. The van der Waals surface area contributed by atoms with Crippen molar-refractivity contribution in [3.05, 3.63) is 24.3 Å². The maximum absolute atomic E-state index is 12.8. The molecule has 0 radical (unpaired) electrons. The van der Waals surface area contributed by atoms with Gasteiger partial charge in [0.05, 0.1) is 11.4 Å². The number of likely N-dealkylation sites (N-methyl/N-ethyl adjacent to an activating group) is 1. The summed E-state index contributed by atoms with van der Waals surface area (Å²) in [6.45, 7) is 1.63. The third-order valence-corrected chi connectivity index (χ3v) is 4.90. The molecule has 1 amide bonds. The van der Waals surface area contributed by atoms with Gasteiger partial charge in [0.25, 0.3) is 0 Å². The van der Waals surface area contributed by atoms with Crippen molar-refractivity contribution in [3.63, 3.8) is 0 Å². The highest BCUT2D eigenvalue weighted by Gasteiger charge is 2.33. The Morgan fingerprint density at radius 3 is 2.52 bits per heavy atom. The van der Waals surface area contributed by atoms with Gasteiger partial charge in [-0.3, -0.25) is 4.79 Å². The molecule has 0 aromatic heterocycles. The number of anilines is 2. The number of carbonyl (C=O) groups excluding carboxylic acids is 1. The van der Waals surface area contributed by atoms with E-state index in [0.717, 1.165) is 50.1 Å². The molecule has 21 heavy (non-hydrogen) atoms. The summed E-state index contributed by atoms with van der Waals surface area (Å²) in [7, 11) is 2.08. The standard InChI is InChI=1S/C17H25N3O/c1-19-11-12-20(15-8-4-3-7-14(15)19)16(21)13-17(18)9-5-2-6-10-17/h3-4,7-8H,2,5-6,9-13,18H2,1H3. The highest BCUT2D eigenvalue weighted by molar-refractivity contribution is 5.98. The van der Waals surface area contributed by atoms with Crippen molar-refractivity contribution in [2.24, 2.45) is 5.73 Å². The van der Waals surface area contributed by atoms with Crippen LogP contribution in [0.25, 0.3) is 0 Å². The van der Waals surface area contributed by atoms with Crippen LogP contribution in [0.4, 0.5) is 11.4 Å². The molecule has 0 unspecified atom stereocenters. The quantitative estimate of drug-likeness (QED) is 0.909. The van der Waals surface area contributed by atoms with Crippen LogP contribution in [0.2, 0.25) is 0 Å². The number of rotatable bonds is 2. The van der Waals surface area contributed by atoms with Gasteiger partial charge < -0.3 is 15.5 Å². The van der Waals surface area contributed by atoms with Crippen LogP contribution >= 0.6 is 0 Å². The molecule has 1 saturated carbocycles. The van der Waals surface area contributed by atoms with Gasteiger partial charge in [0.15, 0.2) is 0 Å². The zero-order valence-electron chi connectivity index (χ0n) is 12.8. The summed E-state index contributed by atoms with van der Waals surface area (Å²) in [4.78, 5) is 16.9. The molecular formula is C17H25N3O. The smallest absolute Gasteiger partial charge is 0.228 e. The summed E-state index contributed by atoms with van der Waals surface area (Å²) in [6.07, 6.45) is 6.00. The predicted molar refractivity (Wildman–Crippen MR) is 86.7 cm³/mol. The van der Waals surface area contributed by atoms with Crippen LogP contribution in [-0.4, -0.2) is 31.6 Å². The molecule has 114 valence electrons. The number of nitrogens with two attached hydrogens (primary N) is 1. The van der Waals surface area contributed by atoms with E-state index >= 15 is 0 Å². The number of nitrogens with zero attached hydrogens (tertiary/aromatic N) is 2. The van der Waals surface area contributed by atoms with Crippen molar-refractivity contribution >= 4 is 17.3 Å². The first kappa shape index (κ1) is 14.4. The first-order chi connectivity index (χ1) is 10.1. The van der Waals surface area contributed by atoms with Crippen LogP contribution in [0.1, 0.15) is 38.5 Å². The van der Waals surface area contributed by atoms with Gasteiger partial charge in [-0.05, 0) is 25.0 Å². The molecule has 4 heteroatoms. The van der Waals surface area contributed by atoms with Crippen LogP contribution in [0.5, 0.6) is 0 Å². The number of hydrogen-bond donors (Lipinski definition) is 1. The van der Waals surface area contributed by atoms with Crippen LogP contribution in [0.15, 0.2) is 24.3 Å². The molecule has 3 rings (SSSR count). The second kappa shape index (κ2) is 5.68. The van der Waals surface area contributed by atoms with Gasteiger partial charge in [0.1, 0.15) is 0 Å². The summed E-state index contributed by atoms with van der Waals surface area (Å²) in [6, 6.07) is 8.13. The van der Waals surface area contributed by atoms with Gasteiger partial charge in [-0.2, -0.15) is 0 Å². The summed E-state index contributed by atoms with van der Waals surface area (Å²) < 4.78 is 0. The first-order valence-corrected chi connectivity index (χ1v) is 7.98. The van der Waals surface area contributed by atoms with Gasteiger partial charge in [-0.15, -0.1) is 0 Å². The maximum Gasteiger partial charge on any atom is 0.228 e. The number of amides is 1. The van der Waals surface area contributed by atoms with E-state index < -0.39 is 0 Å². The minimum atomic E-state index is -0.284. The highest BCUT2D eigenvalue weighted by atomic mass is 16.2. The molecule has 1 aromatic rings. The van der Waals surface area contributed by atoms with E-state index in [1.54, 1.807) is 0 Å². The van der Waals surface area contributed by atoms with Gasteiger partial charge in [0.2, 0.25) is 5.91 Å². The van der Waals surface area contributed by atoms with E-state index in [4.69, 9.17) is 5.73 Å². The van der Waals surface area contributed by atoms with Gasteiger partial charge in [0, 0.05) is 32.1 Å². The predicted octanol–water partition coefficient (Wildman–Crippen LogP) is 2.52. The Kier molecular flexibility index (Phi) is 3.89. The zero-order valence-corrected chi connectivity index (χ0v) is 12.8. The zero-order chi connectivity index (χ0) is 14.9. The lowest BCUT2D eigenvalue weighted by Gasteiger charge is -2.39. The van der Waals surface area contributed by atoms with Gasteiger partial charge in [-0.25, -0.2) is 0 Å². The Labute approximate surface area is 126 Å². The minimum absolute atomic E-state index is 0.181. The summed E-state index contributed by atoms with van der Waals surface area (Å²) in [5, 5.41) is 0. The summed E-state index contributed by atoms with van der Waals surface area (Å²) in [5.41, 5.74) is 8.33. The van der Waals surface area contributed by atoms with E-state index in [1.807, 2.05) is 23.1 Å². The van der Waals surface area contributed by atoms with E-state index in [0.29, 0.717) is 6.42 Å². The lowest BCUT2D eigenvalue weighted by Crippen LogP contribution is -2.49. The van der Waals surface area contributed by atoms with Crippen LogP contribution in [-0.2, 0) is 4.79 Å². The molecule has 2 aliphatic rings. The van der Waals surface area contributed by atoms with E-state index in [-0.39, 0.29) is 11.4 Å². The second-order valence-corrected chi connectivity index (χ2v) is 6.56. The largest absolute Gasteiger partial charge is 0.371 e. The molecule has 1 aliphatic carbocycles. The molecule has 2 N–H and O–H groups in total. The van der Waals surface area contributed by atoms with Crippen molar-refractivity contribution in [1.82, 2.24) is 0 Å². The fourth-order valence-electron chi connectivity index (χ4n) is 3.59. The SMILES string of the molecule is CN1CCN(C(=O)CC2(N)CCCCC2)c2ccccc21. The molecule has 1 fully saturated rings. The van der Waals surface area contributed by atoms with Crippen LogP contribution in [0.3, 0.4) is 0 Å². The van der Waals surface area contributed by atoms with Gasteiger partial charge >= 0.3 is 0 Å².